The van der Waals surface area contributed by atoms with E-state index >= 15 is 0 Å². The Morgan fingerprint density at radius 2 is 2.24 bits per heavy atom. The zero-order chi connectivity index (χ0) is 12.1. The molecule has 0 unspecified atom stereocenters. The third-order valence-electron chi connectivity index (χ3n) is 2.00. The second-order valence-electron chi connectivity index (χ2n) is 3.26. The van der Waals surface area contributed by atoms with Crippen molar-refractivity contribution in [3.05, 3.63) is 30.5 Å². The van der Waals surface area contributed by atoms with Gasteiger partial charge in [-0.3, -0.25) is 9.89 Å². The molecule has 7 nitrogen and oxygen atoms in total. The van der Waals surface area contributed by atoms with Crippen LogP contribution in [0.3, 0.4) is 0 Å². The first-order chi connectivity index (χ1) is 8.29. The normalized spacial score (nSPS) is 9.94. The van der Waals surface area contributed by atoms with Crippen molar-refractivity contribution < 1.29 is 4.79 Å². The highest BCUT2D eigenvalue weighted by Crippen LogP contribution is 2.05. The van der Waals surface area contributed by atoms with E-state index in [9.17, 15) is 4.79 Å². The number of carbonyl (C=O) groups is 1. The molecule has 17 heavy (non-hydrogen) atoms. The average molecular weight is 232 g/mol. The number of hydrogen-bond donors (Lipinski definition) is 3. The van der Waals surface area contributed by atoms with Crippen LogP contribution < -0.4 is 10.6 Å². The van der Waals surface area contributed by atoms with Gasteiger partial charge in [-0.2, -0.15) is 5.10 Å². The third-order valence-corrected chi connectivity index (χ3v) is 2.00. The number of aromatic nitrogens is 4. The van der Waals surface area contributed by atoms with E-state index in [-0.39, 0.29) is 11.6 Å². The van der Waals surface area contributed by atoms with Crippen LogP contribution in [0.2, 0.25) is 0 Å². The minimum Gasteiger partial charge on any atom is -0.369 e. The monoisotopic (exact) mass is 232 g/mol. The molecule has 0 saturated heterocycles. The first kappa shape index (κ1) is 11.1. The summed E-state index contributed by atoms with van der Waals surface area (Å²) in [6.07, 6.45) is 6.04. The summed E-state index contributed by atoms with van der Waals surface area (Å²) in [5.41, 5.74) is 0.848. The van der Waals surface area contributed by atoms with E-state index in [4.69, 9.17) is 0 Å². The zero-order valence-electron chi connectivity index (χ0n) is 9.27. The molecule has 0 spiro atoms. The Hall–Kier alpha value is -2.44. The van der Waals surface area contributed by atoms with Crippen molar-refractivity contribution in [2.45, 2.75) is 6.92 Å². The van der Waals surface area contributed by atoms with Gasteiger partial charge in [0.05, 0.1) is 24.3 Å². The van der Waals surface area contributed by atoms with Crippen molar-refractivity contribution in [1.29, 1.82) is 0 Å². The first-order valence-electron chi connectivity index (χ1n) is 5.15. The predicted octanol–water partition coefficient (Wildman–Crippen LogP) is 0.884. The summed E-state index contributed by atoms with van der Waals surface area (Å²) < 4.78 is 0. The Balaban J connectivity index is 2.04. The van der Waals surface area contributed by atoms with Gasteiger partial charge in [0.1, 0.15) is 11.5 Å². The minimum atomic E-state index is -0.318. The van der Waals surface area contributed by atoms with Gasteiger partial charge in [-0.1, -0.05) is 0 Å². The molecule has 0 radical (unpaired) electrons. The number of aromatic amines is 1. The van der Waals surface area contributed by atoms with Gasteiger partial charge in [0.2, 0.25) is 0 Å². The minimum absolute atomic E-state index is 0.257. The van der Waals surface area contributed by atoms with E-state index in [1.54, 1.807) is 6.20 Å². The molecule has 88 valence electrons. The Bertz CT molecular complexity index is 478. The van der Waals surface area contributed by atoms with Gasteiger partial charge in [0.15, 0.2) is 0 Å². The fourth-order valence-corrected chi connectivity index (χ4v) is 1.23. The fourth-order valence-electron chi connectivity index (χ4n) is 1.23. The molecule has 1 amide bonds. The largest absolute Gasteiger partial charge is 0.369 e. The fraction of sp³-hybridized carbons (Fsp3) is 0.200. The van der Waals surface area contributed by atoms with Crippen LogP contribution in [-0.2, 0) is 0 Å². The number of hydrogen-bond acceptors (Lipinski definition) is 5. The summed E-state index contributed by atoms with van der Waals surface area (Å²) >= 11 is 0. The SMILES string of the molecule is CCNc1cnc(C(=O)Nc2cn[nH]c2)cn1. The van der Waals surface area contributed by atoms with Crippen molar-refractivity contribution in [1.82, 2.24) is 20.2 Å². The molecule has 0 atom stereocenters. The summed E-state index contributed by atoms with van der Waals surface area (Å²) in [7, 11) is 0. The van der Waals surface area contributed by atoms with Gasteiger partial charge >= 0.3 is 0 Å². The van der Waals surface area contributed by atoms with Crippen LogP contribution in [-0.4, -0.2) is 32.6 Å². The van der Waals surface area contributed by atoms with Crippen LogP contribution >= 0.6 is 0 Å². The molecule has 0 aliphatic carbocycles. The summed E-state index contributed by atoms with van der Waals surface area (Å²) in [5.74, 6) is 0.328. The van der Waals surface area contributed by atoms with Crippen LogP contribution in [0.5, 0.6) is 0 Å². The quantitative estimate of drug-likeness (QED) is 0.727. The number of amides is 1. The molecule has 2 aromatic rings. The van der Waals surface area contributed by atoms with E-state index in [1.165, 1.54) is 18.6 Å². The summed E-state index contributed by atoms with van der Waals surface area (Å²) in [6, 6.07) is 0. The van der Waals surface area contributed by atoms with Crippen molar-refractivity contribution in [2.24, 2.45) is 0 Å². The van der Waals surface area contributed by atoms with E-state index < -0.39 is 0 Å². The highest BCUT2D eigenvalue weighted by molar-refractivity contribution is 6.02. The van der Waals surface area contributed by atoms with Crippen LogP contribution in [0.15, 0.2) is 24.8 Å². The second kappa shape index (κ2) is 5.06. The first-order valence-corrected chi connectivity index (χ1v) is 5.15. The smallest absolute Gasteiger partial charge is 0.275 e. The molecule has 7 heteroatoms. The molecule has 2 rings (SSSR count). The molecule has 0 saturated carbocycles. The van der Waals surface area contributed by atoms with Gasteiger partial charge in [0, 0.05) is 12.7 Å². The second-order valence-corrected chi connectivity index (χ2v) is 3.26. The lowest BCUT2D eigenvalue weighted by atomic mass is 10.4. The standard InChI is InChI=1S/C10H12N6O/c1-2-11-9-6-12-8(5-13-9)10(17)16-7-3-14-15-4-7/h3-6H,2H2,1H3,(H,11,13)(H,14,15)(H,16,17). The molecule has 0 aliphatic heterocycles. The Morgan fingerprint density at radius 1 is 1.35 bits per heavy atom. The molecule has 2 heterocycles. The molecular weight excluding hydrogens is 220 g/mol. The maximum absolute atomic E-state index is 11.7. The number of nitrogens with one attached hydrogen (secondary N) is 3. The van der Waals surface area contributed by atoms with E-state index in [2.05, 4.69) is 30.8 Å². The van der Waals surface area contributed by atoms with Crippen molar-refractivity contribution in [3.8, 4) is 0 Å². The Morgan fingerprint density at radius 3 is 2.82 bits per heavy atom. The molecule has 0 aliphatic rings. The van der Waals surface area contributed by atoms with Crippen molar-refractivity contribution in [2.75, 3.05) is 17.2 Å². The lowest BCUT2D eigenvalue weighted by molar-refractivity contribution is 0.102. The molecule has 3 N–H and O–H groups in total. The van der Waals surface area contributed by atoms with Gasteiger partial charge in [-0.25, -0.2) is 9.97 Å². The third kappa shape index (κ3) is 2.77. The predicted molar refractivity (Wildman–Crippen MR) is 62.7 cm³/mol. The lowest BCUT2D eigenvalue weighted by Crippen LogP contribution is -2.14. The number of rotatable bonds is 4. The number of nitrogens with zero attached hydrogens (tertiary/aromatic N) is 3. The molecule has 2 aromatic heterocycles. The Labute approximate surface area is 97.7 Å². The topological polar surface area (TPSA) is 95.6 Å². The van der Waals surface area contributed by atoms with E-state index in [1.807, 2.05) is 6.92 Å². The van der Waals surface area contributed by atoms with E-state index in [0.717, 1.165) is 6.54 Å². The highest BCUT2D eigenvalue weighted by Gasteiger charge is 2.08. The number of carbonyl (C=O) groups excluding carboxylic acids is 1. The number of H-pyrrole nitrogens is 1. The number of anilines is 2. The molecule has 0 aromatic carbocycles. The summed E-state index contributed by atoms with van der Waals surface area (Å²) in [4.78, 5) is 19.8. The average Bonchev–Trinajstić information content (AvgIpc) is 2.83. The van der Waals surface area contributed by atoms with Crippen LogP contribution in [0.4, 0.5) is 11.5 Å². The van der Waals surface area contributed by atoms with Crippen LogP contribution in [0, 0.1) is 0 Å². The van der Waals surface area contributed by atoms with Crippen molar-refractivity contribution in [3.63, 3.8) is 0 Å². The van der Waals surface area contributed by atoms with Gasteiger partial charge in [-0.15, -0.1) is 0 Å². The Kier molecular flexibility index (Phi) is 3.29. The lowest BCUT2D eigenvalue weighted by Gasteiger charge is -2.03. The van der Waals surface area contributed by atoms with Gasteiger partial charge < -0.3 is 10.6 Å². The van der Waals surface area contributed by atoms with E-state index in [0.29, 0.717) is 11.5 Å². The van der Waals surface area contributed by atoms with Crippen molar-refractivity contribution >= 4 is 17.4 Å². The summed E-state index contributed by atoms with van der Waals surface area (Å²) in [5, 5.41) is 12.0. The highest BCUT2D eigenvalue weighted by atomic mass is 16.1. The van der Waals surface area contributed by atoms with Gasteiger partial charge in [0.25, 0.3) is 5.91 Å². The molecule has 0 fully saturated rings. The van der Waals surface area contributed by atoms with Crippen LogP contribution in [0.25, 0.3) is 0 Å². The van der Waals surface area contributed by atoms with Crippen LogP contribution in [0.1, 0.15) is 17.4 Å². The van der Waals surface area contributed by atoms with Gasteiger partial charge in [-0.05, 0) is 6.92 Å². The molecule has 0 bridgehead atoms. The maximum Gasteiger partial charge on any atom is 0.275 e. The summed E-state index contributed by atoms with van der Waals surface area (Å²) in [6.45, 7) is 2.72. The maximum atomic E-state index is 11.7. The zero-order valence-corrected chi connectivity index (χ0v) is 9.27. The molecular formula is C10H12N6O.